The summed E-state index contributed by atoms with van der Waals surface area (Å²) in [6.07, 6.45) is 0. The number of amides is 2. The molecule has 5 heteroatoms. The predicted octanol–water partition coefficient (Wildman–Crippen LogP) is 3.95. The lowest BCUT2D eigenvalue weighted by Gasteiger charge is -2.34. The van der Waals surface area contributed by atoms with Gasteiger partial charge in [0.05, 0.1) is 0 Å². The molecular formula is C23H21FN2O2. The van der Waals surface area contributed by atoms with Crippen molar-refractivity contribution in [2.75, 3.05) is 26.2 Å². The Balaban J connectivity index is 1.69. The Morgan fingerprint density at radius 2 is 1.39 bits per heavy atom. The Hall–Kier alpha value is -3.21. The number of nitrogens with zero attached hydrogens (tertiary/aromatic N) is 2. The largest absolute Gasteiger partial charge is 0.339 e. The molecule has 0 unspecified atom stereocenters. The molecule has 0 aromatic heterocycles. The fraction of sp³-hybridized carbons (Fsp3) is 0.217. The van der Waals surface area contributed by atoms with Crippen LogP contribution in [-0.4, -0.2) is 47.8 Å². The molecule has 4 rings (SSSR count). The summed E-state index contributed by atoms with van der Waals surface area (Å²) in [6, 6.07) is 17.9. The van der Waals surface area contributed by atoms with Crippen LogP contribution in [0.2, 0.25) is 0 Å². The molecule has 0 aliphatic carbocycles. The average Bonchev–Trinajstić information content (AvgIpc) is 2.73. The second-order valence-corrected chi connectivity index (χ2v) is 7.01. The smallest absolute Gasteiger partial charge is 0.254 e. The minimum atomic E-state index is -0.274. The van der Waals surface area contributed by atoms with Gasteiger partial charge in [0.2, 0.25) is 5.91 Å². The molecule has 4 nitrogen and oxygen atoms in total. The van der Waals surface area contributed by atoms with Crippen LogP contribution in [-0.2, 0) is 4.79 Å². The molecule has 0 bridgehead atoms. The van der Waals surface area contributed by atoms with Gasteiger partial charge in [-0.05, 0) is 40.1 Å². The summed E-state index contributed by atoms with van der Waals surface area (Å²) in [7, 11) is 0. The topological polar surface area (TPSA) is 40.6 Å². The van der Waals surface area contributed by atoms with E-state index >= 15 is 0 Å². The molecule has 3 aromatic carbocycles. The predicted molar refractivity (Wildman–Crippen MR) is 107 cm³/mol. The van der Waals surface area contributed by atoms with Crippen molar-refractivity contribution >= 4 is 22.6 Å². The Kier molecular flexibility index (Phi) is 4.82. The lowest BCUT2D eigenvalue weighted by molar-refractivity contribution is -0.130. The minimum Gasteiger partial charge on any atom is -0.339 e. The highest BCUT2D eigenvalue weighted by Gasteiger charge is 2.24. The van der Waals surface area contributed by atoms with Crippen molar-refractivity contribution in [3.05, 3.63) is 72.0 Å². The van der Waals surface area contributed by atoms with Gasteiger partial charge in [-0.3, -0.25) is 9.59 Å². The van der Waals surface area contributed by atoms with Crippen LogP contribution in [0.3, 0.4) is 0 Å². The first kappa shape index (κ1) is 18.2. The second-order valence-electron chi connectivity index (χ2n) is 7.01. The third kappa shape index (κ3) is 3.36. The first-order valence-corrected chi connectivity index (χ1v) is 9.37. The van der Waals surface area contributed by atoms with Crippen LogP contribution in [0.5, 0.6) is 0 Å². The molecule has 2 amide bonds. The van der Waals surface area contributed by atoms with Crippen molar-refractivity contribution in [3.63, 3.8) is 0 Å². The van der Waals surface area contributed by atoms with E-state index in [0.29, 0.717) is 31.7 Å². The molecule has 0 radical (unpaired) electrons. The monoisotopic (exact) mass is 376 g/mol. The quantitative estimate of drug-likeness (QED) is 0.680. The fourth-order valence-corrected chi connectivity index (χ4v) is 3.76. The average molecular weight is 376 g/mol. The molecule has 0 spiro atoms. The van der Waals surface area contributed by atoms with E-state index in [-0.39, 0.29) is 17.6 Å². The number of benzene rings is 3. The normalized spacial score (nSPS) is 14.4. The Labute approximate surface area is 163 Å². The molecule has 0 atom stereocenters. The van der Waals surface area contributed by atoms with Gasteiger partial charge in [-0.15, -0.1) is 0 Å². The molecule has 1 aliphatic rings. The van der Waals surface area contributed by atoms with Crippen molar-refractivity contribution in [3.8, 4) is 11.1 Å². The van der Waals surface area contributed by atoms with Gasteiger partial charge in [0.1, 0.15) is 5.82 Å². The summed E-state index contributed by atoms with van der Waals surface area (Å²) in [4.78, 5) is 28.2. The van der Waals surface area contributed by atoms with Gasteiger partial charge in [-0.1, -0.05) is 42.5 Å². The lowest BCUT2D eigenvalue weighted by atomic mass is 9.94. The zero-order chi connectivity index (χ0) is 19.7. The van der Waals surface area contributed by atoms with E-state index in [0.717, 1.165) is 21.9 Å². The molecular weight excluding hydrogens is 355 g/mol. The zero-order valence-corrected chi connectivity index (χ0v) is 15.7. The third-order valence-electron chi connectivity index (χ3n) is 5.32. The lowest BCUT2D eigenvalue weighted by Crippen LogP contribution is -2.50. The highest BCUT2D eigenvalue weighted by molar-refractivity contribution is 6.11. The van der Waals surface area contributed by atoms with Crippen molar-refractivity contribution in [2.24, 2.45) is 0 Å². The maximum atomic E-state index is 13.3. The maximum absolute atomic E-state index is 13.3. The summed E-state index contributed by atoms with van der Waals surface area (Å²) >= 11 is 0. The van der Waals surface area contributed by atoms with Crippen molar-refractivity contribution in [1.82, 2.24) is 9.80 Å². The minimum absolute atomic E-state index is 0.0231. The first-order chi connectivity index (χ1) is 13.5. The van der Waals surface area contributed by atoms with Gasteiger partial charge in [-0.25, -0.2) is 4.39 Å². The van der Waals surface area contributed by atoms with Crippen LogP contribution in [0, 0.1) is 5.82 Å². The molecule has 1 fully saturated rings. The standard InChI is InChI=1S/C23H21FN2O2/c1-16(27)25-12-14-26(15-13-25)23(28)22-11-10-19(17-6-8-18(24)9-7-17)20-4-2-3-5-21(20)22/h2-11H,12-15H2,1H3. The molecule has 1 aliphatic heterocycles. The Morgan fingerprint density at radius 3 is 2.04 bits per heavy atom. The fourth-order valence-electron chi connectivity index (χ4n) is 3.76. The van der Waals surface area contributed by atoms with E-state index in [1.54, 1.807) is 28.9 Å². The summed E-state index contributed by atoms with van der Waals surface area (Å²) < 4.78 is 13.3. The third-order valence-corrected chi connectivity index (χ3v) is 5.32. The number of carbonyl (C=O) groups is 2. The summed E-state index contributed by atoms with van der Waals surface area (Å²) in [5, 5.41) is 1.84. The number of hydrogen-bond donors (Lipinski definition) is 0. The van der Waals surface area contributed by atoms with Crippen LogP contribution >= 0.6 is 0 Å². The van der Waals surface area contributed by atoms with Crippen molar-refractivity contribution < 1.29 is 14.0 Å². The van der Waals surface area contributed by atoms with Crippen molar-refractivity contribution in [2.45, 2.75) is 6.92 Å². The molecule has 3 aromatic rings. The number of fused-ring (bicyclic) bond motifs is 1. The van der Waals surface area contributed by atoms with E-state index < -0.39 is 0 Å². The van der Waals surface area contributed by atoms with Crippen molar-refractivity contribution in [1.29, 1.82) is 0 Å². The van der Waals surface area contributed by atoms with Gasteiger partial charge in [0.15, 0.2) is 0 Å². The highest BCUT2D eigenvalue weighted by Crippen LogP contribution is 2.31. The van der Waals surface area contributed by atoms with Crippen LogP contribution in [0.25, 0.3) is 21.9 Å². The summed E-state index contributed by atoms with van der Waals surface area (Å²) in [6.45, 7) is 3.75. The molecule has 1 heterocycles. The van der Waals surface area contributed by atoms with Gasteiger partial charge in [0.25, 0.3) is 5.91 Å². The van der Waals surface area contributed by atoms with Crippen LogP contribution in [0.4, 0.5) is 4.39 Å². The van der Waals surface area contributed by atoms with Gasteiger partial charge >= 0.3 is 0 Å². The maximum Gasteiger partial charge on any atom is 0.254 e. The van der Waals surface area contributed by atoms with E-state index in [2.05, 4.69) is 0 Å². The number of piperazine rings is 1. The van der Waals surface area contributed by atoms with E-state index in [9.17, 15) is 14.0 Å². The molecule has 0 N–H and O–H groups in total. The molecule has 0 saturated carbocycles. The second kappa shape index (κ2) is 7.43. The SMILES string of the molecule is CC(=O)N1CCN(C(=O)c2ccc(-c3ccc(F)cc3)c3ccccc23)CC1. The van der Waals surface area contributed by atoms with Crippen LogP contribution in [0.15, 0.2) is 60.7 Å². The number of hydrogen-bond acceptors (Lipinski definition) is 2. The summed E-state index contributed by atoms with van der Waals surface area (Å²) in [5.41, 5.74) is 2.53. The van der Waals surface area contributed by atoms with E-state index in [1.165, 1.54) is 12.1 Å². The Morgan fingerprint density at radius 1 is 0.786 bits per heavy atom. The number of rotatable bonds is 2. The van der Waals surface area contributed by atoms with Crippen LogP contribution in [0.1, 0.15) is 17.3 Å². The van der Waals surface area contributed by atoms with Gasteiger partial charge < -0.3 is 9.80 Å². The first-order valence-electron chi connectivity index (χ1n) is 9.37. The van der Waals surface area contributed by atoms with E-state index in [1.807, 2.05) is 36.4 Å². The molecule has 28 heavy (non-hydrogen) atoms. The van der Waals surface area contributed by atoms with Crippen LogP contribution < -0.4 is 0 Å². The summed E-state index contributed by atoms with van der Waals surface area (Å²) in [5.74, 6) is -0.254. The van der Waals surface area contributed by atoms with Gasteiger partial charge in [-0.2, -0.15) is 0 Å². The molecule has 142 valence electrons. The zero-order valence-electron chi connectivity index (χ0n) is 15.7. The van der Waals surface area contributed by atoms with Gasteiger partial charge in [0, 0.05) is 38.7 Å². The number of carbonyl (C=O) groups excluding carboxylic acids is 2. The highest BCUT2D eigenvalue weighted by atomic mass is 19.1. The molecule has 1 saturated heterocycles. The van der Waals surface area contributed by atoms with E-state index in [4.69, 9.17) is 0 Å². The number of halogens is 1. The Bertz CT molecular complexity index is 1040.